The molecule has 0 amide bonds. The SMILES string of the molecule is CCOc1ccc(C(=O)OO[C]2CC(C)CCC2C(C)C)cc1. The fraction of sp³-hybridized carbons (Fsp3) is 0.579. The first-order valence-corrected chi connectivity index (χ1v) is 8.48. The molecule has 0 spiro atoms. The quantitative estimate of drug-likeness (QED) is 0.558. The Morgan fingerprint density at radius 3 is 2.52 bits per heavy atom. The summed E-state index contributed by atoms with van der Waals surface area (Å²) in [5.74, 6) is 1.69. The molecule has 127 valence electrons. The van der Waals surface area contributed by atoms with E-state index in [2.05, 4.69) is 20.8 Å². The van der Waals surface area contributed by atoms with Crippen LogP contribution in [-0.2, 0) is 9.78 Å². The highest BCUT2D eigenvalue weighted by atomic mass is 17.2. The minimum atomic E-state index is -0.471. The zero-order valence-corrected chi connectivity index (χ0v) is 14.5. The molecule has 2 atom stereocenters. The van der Waals surface area contributed by atoms with Gasteiger partial charge in [0, 0.05) is 0 Å². The fourth-order valence-corrected chi connectivity index (χ4v) is 3.02. The number of ether oxygens (including phenoxy) is 1. The van der Waals surface area contributed by atoms with Gasteiger partial charge < -0.3 is 4.74 Å². The Bertz CT molecular complexity index is 495. The van der Waals surface area contributed by atoms with E-state index in [9.17, 15) is 4.79 Å². The van der Waals surface area contributed by atoms with Crippen molar-refractivity contribution >= 4 is 5.97 Å². The Kier molecular flexibility index (Phi) is 6.46. The van der Waals surface area contributed by atoms with Gasteiger partial charge in [0.2, 0.25) is 0 Å². The third kappa shape index (κ3) is 4.96. The second kappa shape index (κ2) is 8.34. The molecule has 1 aliphatic rings. The first-order chi connectivity index (χ1) is 11.0. The van der Waals surface area contributed by atoms with Gasteiger partial charge >= 0.3 is 5.97 Å². The van der Waals surface area contributed by atoms with E-state index in [1.807, 2.05) is 6.92 Å². The number of carbonyl (C=O) groups excluding carboxylic acids is 1. The lowest BCUT2D eigenvalue weighted by Crippen LogP contribution is -2.28. The number of hydrogen-bond acceptors (Lipinski definition) is 4. The van der Waals surface area contributed by atoms with Crippen molar-refractivity contribution in [1.29, 1.82) is 0 Å². The molecule has 1 saturated carbocycles. The van der Waals surface area contributed by atoms with E-state index in [1.165, 1.54) is 6.42 Å². The summed E-state index contributed by atoms with van der Waals surface area (Å²) < 4.78 is 5.36. The third-order valence-electron chi connectivity index (χ3n) is 4.36. The Morgan fingerprint density at radius 2 is 1.91 bits per heavy atom. The van der Waals surface area contributed by atoms with Gasteiger partial charge in [0.05, 0.1) is 12.2 Å². The summed E-state index contributed by atoms with van der Waals surface area (Å²) in [6.45, 7) is 9.08. The molecule has 2 unspecified atom stereocenters. The normalized spacial score (nSPS) is 22.1. The molecule has 2 rings (SSSR count). The van der Waals surface area contributed by atoms with Gasteiger partial charge in [-0.2, -0.15) is 4.89 Å². The average molecular weight is 319 g/mol. The van der Waals surface area contributed by atoms with Crippen LogP contribution in [0.4, 0.5) is 0 Å². The molecule has 0 bridgehead atoms. The van der Waals surface area contributed by atoms with Crippen molar-refractivity contribution in [3.05, 3.63) is 35.9 Å². The molecule has 1 fully saturated rings. The highest BCUT2D eigenvalue weighted by Gasteiger charge is 2.34. The fourth-order valence-electron chi connectivity index (χ4n) is 3.02. The molecule has 1 aliphatic carbocycles. The van der Waals surface area contributed by atoms with Gasteiger partial charge in [-0.05, 0) is 61.8 Å². The molecule has 1 radical (unpaired) electrons. The Labute approximate surface area is 139 Å². The van der Waals surface area contributed by atoms with E-state index in [4.69, 9.17) is 14.5 Å². The Hall–Kier alpha value is -1.55. The van der Waals surface area contributed by atoms with Crippen molar-refractivity contribution in [3.63, 3.8) is 0 Å². The molecule has 4 heteroatoms. The smallest absolute Gasteiger partial charge is 0.373 e. The number of carbonyl (C=O) groups is 1. The van der Waals surface area contributed by atoms with E-state index >= 15 is 0 Å². The second-order valence-corrected chi connectivity index (χ2v) is 6.61. The van der Waals surface area contributed by atoms with Crippen LogP contribution in [0.15, 0.2) is 24.3 Å². The van der Waals surface area contributed by atoms with E-state index < -0.39 is 5.97 Å². The van der Waals surface area contributed by atoms with Gasteiger partial charge in [-0.15, -0.1) is 0 Å². The van der Waals surface area contributed by atoms with Crippen LogP contribution in [0.25, 0.3) is 0 Å². The number of benzene rings is 1. The van der Waals surface area contributed by atoms with Gasteiger partial charge in [0.25, 0.3) is 0 Å². The van der Waals surface area contributed by atoms with E-state index in [0.29, 0.717) is 29.9 Å². The maximum Gasteiger partial charge on any atom is 0.373 e. The molecule has 0 aromatic heterocycles. The van der Waals surface area contributed by atoms with Crippen LogP contribution < -0.4 is 4.74 Å². The zero-order chi connectivity index (χ0) is 16.8. The van der Waals surface area contributed by atoms with Crippen LogP contribution in [0.5, 0.6) is 5.75 Å². The lowest BCUT2D eigenvalue weighted by atomic mass is 9.75. The van der Waals surface area contributed by atoms with Crippen LogP contribution >= 0.6 is 0 Å². The first-order valence-electron chi connectivity index (χ1n) is 8.48. The highest BCUT2D eigenvalue weighted by molar-refractivity contribution is 5.89. The van der Waals surface area contributed by atoms with E-state index in [0.717, 1.165) is 24.7 Å². The number of rotatable bonds is 6. The summed E-state index contributed by atoms with van der Waals surface area (Å²) in [5.41, 5.74) is 0.457. The lowest BCUT2D eigenvalue weighted by Gasteiger charge is -2.34. The van der Waals surface area contributed by atoms with Crippen molar-refractivity contribution < 1.29 is 19.3 Å². The van der Waals surface area contributed by atoms with Crippen LogP contribution in [0.3, 0.4) is 0 Å². The average Bonchev–Trinajstić information content (AvgIpc) is 2.53. The predicted octanol–water partition coefficient (Wildman–Crippen LogP) is 4.80. The molecule has 0 N–H and O–H groups in total. The monoisotopic (exact) mass is 319 g/mol. The molecule has 1 aromatic rings. The lowest BCUT2D eigenvalue weighted by molar-refractivity contribution is -0.251. The summed E-state index contributed by atoms with van der Waals surface area (Å²) in [6.07, 6.45) is 4.05. The van der Waals surface area contributed by atoms with Crippen molar-refractivity contribution in [1.82, 2.24) is 0 Å². The predicted molar refractivity (Wildman–Crippen MR) is 88.7 cm³/mol. The van der Waals surface area contributed by atoms with Crippen LogP contribution in [0.1, 0.15) is 57.3 Å². The van der Waals surface area contributed by atoms with Gasteiger partial charge in [-0.3, -0.25) is 4.89 Å². The molecule has 0 aliphatic heterocycles. The molecular formula is C19H27O4. The van der Waals surface area contributed by atoms with Crippen molar-refractivity contribution in [2.45, 2.75) is 47.0 Å². The third-order valence-corrected chi connectivity index (χ3v) is 4.36. The first kappa shape index (κ1) is 17.8. The maximum atomic E-state index is 12.1. The highest BCUT2D eigenvalue weighted by Crippen LogP contribution is 2.40. The number of hydrogen-bond donors (Lipinski definition) is 0. The van der Waals surface area contributed by atoms with Gasteiger partial charge in [-0.1, -0.05) is 27.2 Å². The van der Waals surface area contributed by atoms with Gasteiger partial charge in [0.1, 0.15) is 5.75 Å². The summed E-state index contributed by atoms with van der Waals surface area (Å²) >= 11 is 0. The van der Waals surface area contributed by atoms with Crippen LogP contribution in [0, 0.1) is 23.9 Å². The Morgan fingerprint density at radius 1 is 1.22 bits per heavy atom. The van der Waals surface area contributed by atoms with Gasteiger partial charge in [-0.25, -0.2) is 4.79 Å². The minimum absolute atomic E-state index is 0.360. The van der Waals surface area contributed by atoms with Crippen LogP contribution in [0.2, 0.25) is 0 Å². The molecule has 23 heavy (non-hydrogen) atoms. The zero-order valence-electron chi connectivity index (χ0n) is 14.5. The molecule has 0 saturated heterocycles. The Balaban J connectivity index is 1.91. The van der Waals surface area contributed by atoms with Crippen LogP contribution in [-0.4, -0.2) is 12.6 Å². The molecule has 0 heterocycles. The minimum Gasteiger partial charge on any atom is -0.494 e. The standard InChI is InChI=1S/C19H27O4/c1-5-21-16-9-7-15(8-10-16)19(20)23-22-18-12-14(4)6-11-17(18)13(2)3/h7-10,13-14,17H,5-6,11-12H2,1-4H3. The van der Waals surface area contributed by atoms with Crippen molar-refractivity contribution in [2.75, 3.05) is 6.61 Å². The van der Waals surface area contributed by atoms with Crippen molar-refractivity contribution in [3.8, 4) is 5.75 Å². The summed E-state index contributed by atoms with van der Waals surface area (Å²) in [6, 6.07) is 6.88. The molecule has 4 nitrogen and oxygen atoms in total. The largest absolute Gasteiger partial charge is 0.494 e. The van der Waals surface area contributed by atoms with E-state index in [-0.39, 0.29) is 0 Å². The second-order valence-electron chi connectivity index (χ2n) is 6.61. The van der Waals surface area contributed by atoms with Crippen molar-refractivity contribution in [2.24, 2.45) is 17.8 Å². The van der Waals surface area contributed by atoms with Gasteiger partial charge in [0.15, 0.2) is 6.10 Å². The molecular weight excluding hydrogens is 292 g/mol. The summed E-state index contributed by atoms with van der Waals surface area (Å²) in [5, 5.41) is 0. The maximum absolute atomic E-state index is 12.1. The summed E-state index contributed by atoms with van der Waals surface area (Å²) in [7, 11) is 0. The summed E-state index contributed by atoms with van der Waals surface area (Å²) in [4.78, 5) is 22.6. The van der Waals surface area contributed by atoms with E-state index in [1.54, 1.807) is 24.3 Å². The topological polar surface area (TPSA) is 44.8 Å². The molecule has 1 aromatic carbocycles.